The van der Waals surface area contributed by atoms with Crippen molar-refractivity contribution < 1.29 is 0 Å². The van der Waals surface area contributed by atoms with Crippen LogP contribution in [0.15, 0.2) is 60.7 Å². The maximum Gasteiger partial charge on any atom is 0.0720 e. The van der Waals surface area contributed by atoms with Crippen molar-refractivity contribution in [2.24, 2.45) is 0 Å². The predicted molar refractivity (Wildman–Crippen MR) is 177 cm³/mol. The highest BCUT2D eigenvalue weighted by atomic mass is 35.5. The molecule has 1 aliphatic carbocycles. The Kier molecular flexibility index (Phi) is 10.6. The van der Waals surface area contributed by atoms with Gasteiger partial charge in [0.15, 0.2) is 0 Å². The Balaban J connectivity index is 1.42. The van der Waals surface area contributed by atoms with E-state index in [9.17, 15) is 0 Å². The molecular formula is C35H41Cl2N5. The molecule has 4 aromatic rings. The molecule has 220 valence electrons. The van der Waals surface area contributed by atoms with Crippen molar-refractivity contribution in [3.63, 3.8) is 0 Å². The van der Waals surface area contributed by atoms with Crippen molar-refractivity contribution in [1.82, 2.24) is 26.1 Å². The minimum absolute atomic E-state index is 0.359. The number of fused-ring (bicyclic) bond motifs is 1. The van der Waals surface area contributed by atoms with Gasteiger partial charge in [-0.3, -0.25) is 20.8 Å². The lowest BCUT2D eigenvalue weighted by atomic mass is 9.90. The fourth-order valence-electron chi connectivity index (χ4n) is 5.84. The standard InChI is InChI=1S/C35H41Cl2N5/c1-4-6-7-21-39-40-22-23-17-19-32(41-29(23)5-2)27-13-8-11-24(34(27)36)25-12-9-14-28(35(25)37)33-20-18-26-30(38-3)15-10-16-31(26)42-33/h8-9,11-14,17-20,30,38-40H,4-7,10,15-16,21-22H2,1-3H3. The number of nitrogens with one attached hydrogen (secondary N) is 3. The van der Waals surface area contributed by atoms with Gasteiger partial charge in [-0.15, -0.1) is 0 Å². The maximum absolute atomic E-state index is 7.11. The second-order valence-electron chi connectivity index (χ2n) is 10.9. The SMILES string of the molecule is CCCCCNNCc1ccc(-c2cccc(-c3cccc(-c4ccc5c(n4)CCCC5NC)c3Cl)c2Cl)nc1CC. The van der Waals surface area contributed by atoms with Gasteiger partial charge in [-0.1, -0.05) is 98.4 Å². The van der Waals surface area contributed by atoms with Gasteiger partial charge in [-0.05, 0) is 62.4 Å². The van der Waals surface area contributed by atoms with E-state index >= 15 is 0 Å². The van der Waals surface area contributed by atoms with Crippen LogP contribution in [0.1, 0.15) is 74.5 Å². The van der Waals surface area contributed by atoms with Crippen molar-refractivity contribution in [2.45, 2.75) is 71.4 Å². The topological polar surface area (TPSA) is 61.9 Å². The van der Waals surface area contributed by atoms with E-state index in [1.807, 2.05) is 43.4 Å². The number of rotatable bonds is 12. The second kappa shape index (κ2) is 14.6. The molecule has 1 atom stereocenters. The van der Waals surface area contributed by atoms with Crippen LogP contribution in [-0.2, 0) is 19.4 Å². The Morgan fingerprint density at radius 2 is 1.45 bits per heavy atom. The third-order valence-corrected chi connectivity index (χ3v) is 9.01. The molecule has 3 N–H and O–H groups in total. The molecule has 2 aromatic heterocycles. The average molecular weight is 603 g/mol. The van der Waals surface area contributed by atoms with E-state index in [2.05, 4.69) is 54.3 Å². The molecular weight excluding hydrogens is 561 g/mol. The van der Waals surface area contributed by atoms with Gasteiger partial charge in [0.2, 0.25) is 0 Å². The van der Waals surface area contributed by atoms with Crippen molar-refractivity contribution >= 4 is 23.2 Å². The number of aromatic nitrogens is 2. The Bertz CT molecular complexity index is 1520. The molecule has 0 amide bonds. The highest BCUT2D eigenvalue weighted by Crippen LogP contribution is 2.42. The second-order valence-corrected chi connectivity index (χ2v) is 11.7. The van der Waals surface area contributed by atoms with Crippen LogP contribution in [0.5, 0.6) is 0 Å². The molecule has 7 heteroatoms. The Morgan fingerprint density at radius 3 is 2.12 bits per heavy atom. The monoisotopic (exact) mass is 601 g/mol. The molecule has 42 heavy (non-hydrogen) atoms. The minimum atomic E-state index is 0.359. The number of benzene rings is 2. The van der Waals surface area contributed by atoms with E-state index in [1.165, 1.54) is 30.4 Å². The highest BCUT2D eigenvalue weighted by molar-refractivity contribution is 6.39. The van der Waals surface area contributed by atoms with Crippen molar-refractivity contribution in [3.8, 4) is 33.6 Å². The van der Waals surface area contributed by atoms with Crippen molar-refractivity contribution in [3.05, 3.63) is 93.2 Å². The lowest BCUT2D eigenvalue weighted by Gasteiger charge is -2.25. The third kappa shape index (κ3) is 6.72. The molecule has 0 fully saturated rings. The zero-order valence-corrected chi connectivity index (χ0v) is 26.4. The Hall–Kier alpha value is -2.80. The summed E-state index contributed by atoms with van der Waals surface area (Å²) in [5.41, 5.74) is 16.7. The van der Waals surface area contributed by atoms with E-state index in [0.717, 1.165) is 83.8 Å². The van der Waals surface area contributed by atoms with Gasteiger partial charge in [-0.25, -0.2) is 0 Å². The quantitative estimate of drug-likeness (QED) is 0.112. The van der Waals surface area contributed by atoms with Crippen LogP contribution in [0.4, 0.5) is 0 Å². The van der Waals surface area contributed by atoms with Crippen LogP contribution < -0.4 is 16.2 Å². The molecule has 1 unspecified atom stereocenters. The number of halogens is 2. The third-order valence-electron chi connectivity index (χ3n) is 8.19. The molecule has 0 bridgehead atoms. The summed E-state index contributed by atoms with van der Waals surface area (Å²) >= 11 is 14.2. The highest BCUT2D eigenvalue weighted by Gasteiger charge is 2.22. The van der Waals surface area contributed by atoms with Crippen LogP contribution in [0, 0.1) is 0 Å². The Morgan fingerprint density at radius 1 is 0.786 bits per heavy atom. The molecule has 1 aliphatic rings. The van der Waals surface area contributed by atoms with Crippen LogP contribution in [0.3, 0.4) is 0 Å². The van der Waals surface area contributed by atoms with Gasteiger partial charge in [0.1, 0.15) is 0 Å². The van der Waals surface area contributed by atoms with Crippen molar-refractivity contribution in [1.29, 1.82) is 0 Å². The Labute approximate surface area is 260 Å². The van der Waals surface area contributed by atoms with Gasteiger partial charge in [0.05, 0.1) is 21.4 Å². The number of hydrazine groups is 1. The molecule has 0 aliphatic heterocycles. The largest absolute Gasteiger partial charge is 0.313 e. The van der Waals surface area contributed by atoms with E-state index in [0.29, 0.717) is 16.1 Å². The zero-order chi connectivity index (χ0) is 29.5. The van der Waals surface area contributed by atoms with E-state index in [4.69, 9.17) is 33.2 Å². The first-order valence-corrected chi connectivity index (χ1v) is 16.0. The van der Waals surface area contributed by atoms with E-state index < -0.39 is 0 Å². The summed E-state index contributed by atoms with van der Waals surface area (Å²) in [4.78, 5) is 10.1. The lowest BCUT2D eigenvalue weighted by Crippen LogP contribution is -2.32. The number of aryl methyl sites for hydroxylation is 2. The van der Waals surface area contributed by atoms with Gasteiger partial charge in [-0.2, -0.15) is 0 Å². The molecule has 0 radical (unpaired) electrons. The molecule has 5 rings (SSSR count). The number of unbranched alkanes of at least 4 members (excludes halogenated alkanes) is 2. The van der Waals surface area contributed by atoms with Gasteiger partial charge >= 0.3 is 0 Å². The van der Waals surface area contributed by atoms with Crippen molar-refractivity contribution in [2.75, 3.05) is 13.6 Å². The molecule has 2 aromatic carbocycles. The first kappa shape index (κ1) is 30.7. The van der Waals surface area contributed by atoms with Crippen LogP contribution >= 0.6 is 23.2 Å². The van der Waals surface area contributed by atoms with Crippen LogP contribution in [-0.4, -0.2) is 23.6 Å². The smallest absolute Gasteiger partial charge is 0.0720 e. The summed E-state index contributed by atoms with van der Waals surface area (Å²) in [7, 11) is 2.02. The van der Waals surface area contributed by atoms with E-state index in [1.54, 1.807) is 0 Å². The fourth-order valence-corrected chi connectivity index (χ4v) is 6.49. The first-order valence-electron chi connectivity index (χ1n) is 15.2. The summed E-state index contributed by atoms with van der Waals surface area (Å²) in [5, 5.41) is 4.72. The van der Waals surface area contributed by atoms with E-state index in [-0.39, 0.29) is 0 Å². The average Bonchev–Trinajstić information content (AvgIpc) is 3.02. The van der Waals surface area contributed by atoms with Gasteiger partial charge in [0, 0.05) is 52.8 Å². The summed E-state index contributed by atoms with van der Waals surface area (Å²) in [6, 6.07) is 21.0. The first-order chi connectivity index (χ1) is 20.5. The maximum atomic E-state index is 7.11. The predicted octanol–water partition coefficient (Wildman–Crippen LogP) is 8.73. The number of hydrogen-bond acceptors (Lipinski definition) is 5. The summed E-state index contributed by atoms with van der Waals surface area (Å²) in [6.45, 7) is 6.05. The van der Waals surface area contributed by atoms with Gasteiger partial charge in [0.25, 0.3) is 0 Å². The lowest BCUT2D eigenvalue weighted by molar-refractivity contribution is 0.490. The molecule has 5 nitrogen and oxygen atoms in total. The molecule has 0 saturated heterocycles. The van der Waals surface area contributed by atoms with Crippen LogP contribution in [0.2, 0.25) is 10.0 Å². The molecule has 2 heterocycles. The normalized spacial score (nSPS) is 14.6. The number of nitrogens with zero attached hydrogens (tertiary/aromatic N) is 2. The summed E-state index contributed by atoms with van der Waals surface area (Å²) in [5.74, 6) is 0. The minimum Gasteiger partial charge on any atom is -0.313 e. The summed E-state index contributed by atoms with van der Waals surface area (Å²) in [6.07, 6.45) is 7.73. The zero-order valence-electron chi connectivity index (χ0n) is 24.9. The molecule has 0 spiro atoms. The van der Waals surface area contributed by atoms with Crippen LogP contribution in [0.25, 0.3) is 33.6 Å². The summed E-state index contributed by atoms with van der Waals surface area (Å²) < 4.78 is 0. The molecule has 0 saturated carbocycles. The van der Waals surface area contributed by atoms with Gasteiger partial charge < -0.3 is 5.32 Å². The fraction of sp³-hybridized carbons (Fsp3) is 0.371. The number of hydrogen-bond donors (Lipinski definition) is 3. The number of pyridine rings is 2.